The van der Waals surface area contributed by atoms with E-state index in [1.54, 1.807) is 0 Å². The summed E-state index contributed by atoms with van der Waals surface area (Å²) in [6, 6.07) is 59.0. The van der Waals surface area contributed by atoms with Gasteiger partial charge < -0.3 is 8.98 Å². The van der Waals surface area contributed by atoms with E-state index in [9.17, 15) is 0 Å². The van der Waals surface area contributed by atoms with Gasteiger partial charge in [-0.25, -0.2) is 15.0 Å². The van der Waals surface area contributed by atoms with Crippen LogP contribution < -0.4 is 0 Å². The van der Waals surface area contributed by atoms with Crippen molar-refractivity contribution in [2.24, 2.45) is 0 Å². The van der Waals surface area contributed by atoms with Gasteiger partial charge in [-0.3, -0.25) is 0 Å². The number of furan rings is 1. The van der Waals surface area contributed by atoms with Gasteiger partial charge in [-0.2, -0.15) is 0 Å². The highest BCUT2D eigenvalue weighted by molar-refractivity contribution is 6.35. The monoisotopic (exact) mass is 664 g/mol. The van der Waals surface area contributed by atoms with Crippen molar-refractivity contribution in [1.82, 2.24) is 19.5 Å². The van der Waals surface area contributed by atoms with E-state index in [0.29, 0.717) is 17.5 Å². The molecule has 52 heavy (non-hydrogen) atoms. The summed E-state index contributed by atoms with van der Waals surface area (Å²) in [7, 11) is 0. The summed E-state index contributed by atoms with van der Waals surface area (Å²) < 4.78 is 9.09. The summed E-state index contributed by atoms with van der Waals surface area (Å²) in [5, 5.41) is 9.36. The number of hydrogen-bond donors (Lipinski definition) is 0. The van der Waals surface area contributed by atoms with Crippen LogP contribution in [0.25, 0.3) is 105 Å². The van der Waals surface area contributed by atoms with Crippen molar-refractivity contribution in [1.29, 1.82) is 0 Å². The second kappa shape index (κ2) is 11.2. The lowest BCUT2D eigenvalue weighted by Crippen LogP contribution is -2.00. The molecule has 11 aromatic rings. The molecule has 11 rings (SSSR count). The minimum atomic E-state index is 0.622. The van der Waals surface area contributed by atoms with Crippen molar-refractivity contribution in [3.8, 4) is 39.9 Å². The lowest BCUT2D eigenvalue weighted by atomic mass is 9.99. The van der Waals surface area contributed by atoms with Gasteiger partial charge in [0.2, 0.25) is 0 Å². The number of aromatic nitrogens is 4. The zero-order chi connectivity index (χ0) is 34.2. The third-order valence-electron chi connectivity index (χ3n) is 10.2. The second-order valence-corrected chi connectivity index (χ2v) is 13.2. The fraction of sp³-hybridized carbons (Fsp3) is 0. The number of hydrogen-bond acceptors (Lipinski definition) is 4. The molecule has 0 spiro atoms. The van der Waals surface area contributed by atoms with Crippen LogP contribution in [0, 0.1) is 0 Å². The van der Waals surface area contributed by atoms with Gasteiger partial charge in [0, 0.05) is 43.9 Å². The predicted molar refractivity (Wildman–Crippen MR) is 213 cm³/mol. The molecule has 5 heteroatoms. The van der Waals surface area contributed by atoms with E-state index in [-0.39, 0.29) is 0 Å². The number of fused-ring (bicyclic) bond motifs is 11. The summed E-state index contributed by atoms with van der Waals surface area (Å²) in [6.45, 7) is 0. The molecule has 0 fully saturated rings. The number of nitrogens with zero attached hydrogens (tertiary/aromatic N) is 4. The Labute approximate surface area is 298 Å². The summed E-state index contributed by atoms with van der Waals surface area (Å²) in [5.41, 5.74) is 7.77. The molecule has 0 atom stereocenters. The van der Waals surface area contributed by atoms with Crippen LogP contribution >= 0.6 is 0 Å². The van der Waals surface area contributed by atoms with Crippen LogP contribution in [0.5, 0.6) is 0 Å². The molecule has 0 N–H and O–H groups in total. The Balaban J connectivity index is 1.13. The highest BCUT2D eigenvalue weighted by Crippen LogP contribution is 2.45. The first-order valence-corrected chi connectivity index (χ1v) is 17.5. The maximum atomic E-state index is 6.75. The van der Waals surface area contributed by atoms with Crippen molar-refractivity contribution in [3.63, 3.8) is 0 Å². The van der Waals surface area contributed by atoms with Crippen molar-refractivity contribution >= 4 is 65.3 Å². The van der Waals surface area contributed by atoms with Crippen molar-refractivity contribution in [2.75, 3.05) is 0 Å². The van der Waals surface area contributed by atoms with E-state index in [1.807, 2.05) is 36.4 Å². The SMILES string of the molecule is c1ccc(-c2nc(-c3ccc(-n4c5ccccc5c5c6ccccc6c6c7ccccc7oc6c54)cc3)nc(-c3ccc4ccccc4c3)n2)cc1. The molecule has 0 aliphatic carbocycles. The number of para-hydroxylation sites is 2. The minimum absolute atomic E-state index is 0.622. The van der Waals surface area contributed by atoms with Crippen LogP contribution in [0.4, 0.5) is 0 Å². The van der Waals surface area contributed by atoms with Crippen LogP contribution in [-0.4, -0.2) is 19.5 Å². The average Bonchev–Trinajstić information content (AvgIpc) is 3.78. The first-order valence-electron chi connectivity index (χ1n) is 17.5. The van der Waals surface area contributed by atoms with Gasteiger partial charge in [-0.15, -0.1) is 0 Å². The molecule has 0 unspecified atom stereocenters. The Morgan fingerprint density at radius 1 is 0.404 bits per heavy atom. The Morgan fingerprint density at radius 2 is 0.962 bits per heavy atom. The largest absolute Gasteiger partial charge is 0.454 e. The lowest BCUT2D eigenvalue weighted by molar-refractivity contribution is 0.671. The van der Waals surface area contributed by atoms with E-state index < -0.39 is 0 Å². The minimum Gasteiger partial charge on any atom is -0.454 e. The molecule has 0 bridgehead atoms. The molecule has 242 valence electrons. The molecule has 0 saturated carbocycles. The Morgan fingerprint density at radius 3 is 1.73 bits per heavy atom. The topological polar surface area (TPSA) is 56.7 Å². The Bertz CT molecular complexity index is 3180. The van der Waals surface area contributed by atoms with Gasteiger partial charge >= 0.3 is 0 Å². The maximum absolute atomic E-state index is 6.75. The molecule has 0 aliphatic heterocycles. The molecule has 5 nitrogen and oxygen atoms in total. The van der Waals surface area contributed by atoms with E-state index in [0.717, 1.165) is 60.7 Å². The maximum Gasteiger partial charge on any atom is 0.164 e. The molecular weight excluding hydrogens is 637 g/mol. The number of benzene rings is 8. The molecule has 0 aliphatic rings. The summed E-state index contributed by atoms with van der Waals surface area (Å²) in [5.74, 6) is 1.90. The quantitative estimate of drug-likeness (QED) is 0.188. The number of rotatable bonds is 4. The van der Waals surface area contributed by atoms with Gasteiger partial charge in [0.1, 0.15) is 5.58 Å². The zero-order valence-corrected chi connectivity index (χ0v) is 27.9. The molecular formula is C47H28N4O. The van der Waals surface area contributed by atoms with E-state index in [4.69, 9.17) is 19.4 Å². The Hall–Kier alpha value is -7.11. The van der Waals surface area contributed by atoms with Crippen LogP contribution in [-0.2, 0) is 0 Å². The normalized spacial score (nSPS) is 11.8. The van der Waals surface area contributed by atoms with E-state index >= 15 is 0 Å². The molecule has 0 saturated heterocycles. The molecule has 0 radical (unpaired) electrons. The van der Waals surface area contributed by atoms with Crippen LogP contribution in [0.3, 0.4) is 0 Å². The highest BCUT2D eigenvalue weighted by Gasteiger charge is 2.23. The van der Waals surface area contributed by atoms with Gasteiger partial charge in [-0.1, -0.05) is 127 Å². The Kier molecular flexibility index (Phi) is 6.18. The van der Waals surface area contributed by atoms with Gasteiger partial charge in [-0.05, 0) is 64.0 Å². The third kappa shape index (κ3) is 4.33. The summed E-state index contributed by atoms with van der Waals surface area (Å²) >= 11 is 0. The summed E-state index contributed by atoms with van der Waals surface area (Å²) in [4.78, 5) is 15.0. The van der Waals surface area contributed by atoms with Crippen LogP contribution in [0.2, 0.25) is 0 Å². The van der Waals surface area contributed by atoms with Crippen molar-refractivity contribution in [2.45, 2.75) is 0 Å². The standard InChI is InChI=1S/C47H28N4O/c1-2-13-30(14-3-1)45-48-46(50-47(49-45)33-23-22-29-12-4-5-15-32(29)28-33)31-24-26-34(27-25-31)51-39-20-10-8-18-37(39)41-35-16-6-7-17-36(35)42-38-19-9-11-21-40(38)52-44(42)43(41)51/h1-28H. The third-order valence-corrected chi connectivity index (χ3v) is 10.2. The molecule has 3 heterocycles. The lowest BCUT2D eigenvalue weighted by Gasteiger charge is -2.11. The highest BCUT2D eigenvalue weighted by atomic mass is 16.3. The van der Waals surface area contributed by atoms with Crippen LogP contribution in [0.15, 0.2) is 174 Å². The molecule has 8 aromatic carbocycles. The van der Waals surface area contributed by atoms with Crippen molar-refractivity contribution in [3.05, 3.63) is 170 Å². The second-order valence-electron chi connectivity index (χ2n) is 13.2. The van der Waals surface area contributed by atoms with Crippen molar-refractivity contribution < 1.29 is 4.42 Å². The smallest absolute Gasteiger partial charge is 0.164 e. The van der Waals surface area contributed by atoms with Gasteiger partial charge in [0.15, 0.2) is 23.1 Å². The first-order chi connectivity index (χ1) is 25.8. The fourth-order valence-electron chi connectivity index (χ4n) is 7.83. The van der Waals surface area contributed by atoms with E-state index in [2.05, 4.69) is 138 Å². The van der Waals surface area contributed by atoms with Gasteiger partial charge in [0.05, 0.1) is 11.0 Å². The predicted octanol–water partition coefficient (Wildman–Crippen LogP) is 12.2. The molecule has 3 aromatic heterocycles. The first kappa shape index (κ1) is 28.7. The summed E-state index contributed by atoms with van der Waals surface area (Å²) in [6.07, 6.45) is 0. The van der Waals surface area contributed by atoms with E-state index in [1.165, 1.54) is 26.9 Å². The average molecular weight is 665 g/mol. The zero-order valence-electron chi connectivity index (χ0n) is 27.9. The van der Waals surface area contributed by atoms with Crippen LogP contribution in [0.1, 0.15) is 0 Å². The fourth-order valence-corrected chi connectivity index (χ4v) is 7.83. The van der Waals surface area contributed by atoms with Gasteiger partial charge in [0.25, 0.3) is 0 Å². The molecule has 0 amide bonds.